The second kappa shape index (κ2) is 4.53. The van der Waals surface area contributed by atoms with Crippen LogP contribution in [0, 0.1) is 11.3 Å². The topological polar surface area (TPSA) is 49.8 Å². The van der Waals surface area contributed by atoms with Crippen LogP contribution in [0.3, 0.4) is 0 Å². The molecule has 2 heteroatoms. The number of nitrogens with zero attached hydrogens (tertiary/aromatic N) is 1. The predicted octanol–water partition coefficient (Wildman–Crippen LogP) is 1.47. The van der Waals surface area contributed by atoms with Crippen LogP contribution in [0.5, 0.6) is 0 Å². The van der Waals surface area contributed by atoms with E-state index >= 15 is 0 Å². The fraction of sp³-hybridized carbons (Fsp3) is 0.300. The zero-order chi connectivity index (χ0) is 8.81. The minimum atomic E-state index is -0.329. The first-order valence-corrected chi connectivity index (χ1v) is 4.02. The van der Waals surface area contributed by atoms with E-state index in [0.29, 0.717) is 0 Å². The molecular formula is C10H12N2. The van der Waals surface area contributed by atoms with Gasteiger partial charge in [-0.2, -0.15) is 5.26 Å². The van der Waals surface area contributed by atoms with E-state index in [2.05, 4.69) is 0 Å². The molecule has 1 atom stereocenters. The molecule has 0 unspecified atom stereocenters. The molecule has 1 aromatic rings. The molecule has 1 aromatic carbocycles. The van der Waals surface area contributed by atoms with Crippen LogP contribution in [0.1, 0.15) is 12.0 Å². The average Bonchev–Trinajstić information content (AvgIpc) is 2.16. The first kappa shape index (κ1) is 8.76. The van der Waals surface area contributed by atoms with E-state index in [9.17, 15) is 0 Å². The molecule has 12 heavy (non-hydrogen) atoms. The van der Waals surface area contributed by atoms with E-state index < -0.39 is 0 Å². The zero-order valence-corrected chi connectivity index (χ0v) is 6.90. The largest absolute Gasteiger partial charge is 0.316 e. The first-order valence-electron chi connectivity index (χ1n) is 4.02. The van der Waals surface area contributed by atoms with Crippen molar-refractivity contribution in [1.29, 1.82) is 5.26 Å². The quantitative estimate of drug-likeness (QED) is 0.727. The molecular weight excluding hydrogens is 148 g/mol. The highest BCUT2D eigenvalue weighted by atomic mass is 14.6. The van der Waals surface area contributed by atoms with Gasteiger partial charge in [0.05, 0.1) is 12.1 Å². The molecule has 1 rings (SSSR count). The van der Waals surface area contributed by atoms with Gasteiger partial charge in [-0.25, -0.2) is 0 Å². The van der Waals surface area contributed by atoms with Crippen molar-refractivity contribution in [3.8, 4) is 6.07 Å². The van der Waals surface area contributed by atoms with Gasteiger partial charge in [-0.1, -0.05) is 30.3 Å². The fourth-order valence-corrected chi connectivity index (χ4v) is 1.03. The summed E-state index contributed by atoms with van der Waals surface area (Å²) in [6.45, 7) is 0. The lowest BCUT2D eigenvalue weighted by Gasteiger charge is -2.01. The summed E-state index contributed by atoms with van der Waals surface area (Å²) in [5, 5.41) is 8.44. The van der Waals surface area contributed by atoms with E-state index in [4.69, 9.17) is 11.0 Å². The van der Waals surface area contributed by atoms with E-state index in [0.717, 1.165) is 12.8 Å². The van der Waals surface area contributed by atoms with E-state index in [-0.39, 0.29) is 6.04 Å². The molecule has 0 amide bonds. The minimum Gasteiger partial charge on any atom is -0.316 e. The summed E-state index contributed by atoms with van der Waals surface area (Å²) in [7, 11) is 0. The lowest BCUT2D eigenvalue weighted by molar-refractivity contribution is 0.731. The van der Waals surface area contributed by atoms with Crippen molar-refractivity contribution in [3.63, 3.8) is 0 Å². The van der Waals surface area contributed by atoms with Crippen molar-refractivity contribution < 1.29 is 0 Å². The van der Waals surface area contributed by atoms with E-state index in [1.165, 1.54) is 5.56 Å². The number of rotatable bonds is 3. The first-order chi connectivity index (χ1) is 5.83. The van der Waals surface area contributed by atoms with Crippen LogP contribution in [0.25, 0.3) is 0 Å². The van der Waals surface area contributed by atoms with Gasteiger partial charge < -0.3 is 5.73 Å². The van der Waals surface area contributed by atoms with Gasteiger partial charge in [0.1, 0.15) is 0 Å². The minimum absolute atomic E-state index is 0.329. The van der Waals surface area contributed by atoms with Gasteiger partial charge in [-0.15, -0.1) is 0 Å². The average molecular weight is 160 g/mol. The molecule has 0 aliphatic heterocycles. The third-order valence-corrected chi connectivity index (χ3v) is 1.75. The summed E-state index contributed by atoms with van der Waals surface area (Å²) in [5.41, 5.74) is 6.70. The van der Waals surface area contributed by atoms with Crippen LogP contribution in [-0.2, 0) is 6.42 Å². The fourth-order valence-electron chi connectivity index (χ4n) is 1.03. The standard InChI is InChI=1S/C10H12N2/c11-8-10(12)7-6-9-4-2-1-3-5-9/h1-5,10H,6-7,12H2/t10-/m0/s1. The van der Waals surface area contributed by atoms with Gasteiger partial charge in [0, 0.05) is 0 Å². The summed E-state index contributed by atoms with van der Waals surface area (Å²) in [5.74, 6) is 0. The maximum absolute atomic E-state index is 8.44. The summed E-state index contributed by atoms with van der Waals surface area (Å²) in [6.07, 6.45) is 1.62. The lowest BCUT2D eigenvalue weighted by atomic mass is 10.1. The van der Waals surface area contributed by atoms with Gasteiger partial charge in [-0.3, -0.25) is 0 Å². The van der Waals surface area contributed by atoms with Gasteiger partial charge in [0.25, 0.3) is 0 Å². The summed E-state index contributed by atoms with van der Waals surface area (Å²) in [4.78, 5) is 0. The molecule has 0 aromatic heterocycles. The van der Waals surface area contributed by atoms with Crippen molar-refractivity contribution in [2.24, 2.45) is 5.73 Å². The van der Waals surface area contributed by atoms with Gasteiger partial charge in [0.15, 0.2) is 0 Å². The molecule has 0 saturated heterocycles. The van der Waals surface area contributed by atoms with E-state index in [1.807, 2.05) is 36.4 Å². The van der Waals surface area contributed by atoms with Crippen molar-refractivity contribution >= 4 is 0 Å². The van der Waals surface area contributed by atoms with E-state index in [1.54, 1.807) is 0 Å². The highest BCUT2D eigenvalue weighted by molar-refractivity contribution is 5.15. The van der Waals surface area contributed by atoms with Gasteiger partial charge in [-0.05, 0) is 18.4 Å². The molecule has 0 bridgehead atoms. The monoisotopic (exact) mass is 160 g/mol. The Morgan fingerprint density at radius 1 is 1.33 bits per heavy atom. The number of nitrogens with two attached hydrogens (primary N) is 1. The molecule has 2 nitrogen and oxygen atoms in total. The molecule has 0 aliphatic rings. The third-order valence-electron chi connectivity index (χ3n) is 1.75. The number of nitriles is 1. The van der Waals surface area contributed by atoms with Crippen LogP contribution in [-0.4, -0.2) is 6.04 Å². The summed E-state index contributed by atoms with van der Waals surface area (Å²) < 4.78 is 0. The molecule has 0 heterocycles. The predicted molar refractivity (Wildman–Crippen MR) is 48.4 cm³/mol. The Morgan fingerprint density at radius 3 is 2.58 bits per heavy atom. The maximum atomic E-state index is 8.44. The third kappa shape index (κ3) is 2.73. The Bertz CT molecular complexity index is 261. The molecule has 0 saturated carbocycles. The molecule has 0 spiro atoms. The number of hydrogen-bond acceptors (Lipinski definition) is 2. The molecule has 0 radical (unpaired) electrons. The Balaban J connectivity index is 2.40. The van der Waals surface area contributed by atoms with Crippen molar-refractivity contribution in [3.05, 3.63) is 35.9 Å². The lowest BCUT2D eigenvalue weighted by Crippen LogP contribution is -2.17. The van der Waals surface area contributed by atoms with Crippen molar-refractivity contribution in [2.45, 2.75) is 18.9 Å². The zero-order valence-electron chi connectivity index (χ0n) is 6.90. The summed E-state index contributed by atoms with van der Waals surface area (Å²) in [6, 6.07) is 11.7. The van der Waals surface area contributed by atoms with Crippen LogP contribution < -0.4 is 5.73 Å². The maximum Gasteiger partial charge on any atom is 0.0931 e. The Morgan fingerprint density at radius 2 is 2.00 bits per heavy atom. The number of aryl methyl sites for hydroxylation is 1. The van der Waals surface area contributed by atoms with Crippen LogP contribution in [0.2, 0.25) is 0 Å². The second-order valence-electron chi connectivity index (χ2n) is 2.76. The van der Waals surface area contributed by atoms with Crippen LogP contribution >= 0.6 is 0 Å². The molecule has 0 aliphatic carbocycles. The number of hydrogen-bond donors (Lipinski definition) is 1. The van der Waals surface area contributed by atoms with Crippen LogP contribution in [0.15, 0.2) is 30.3 Å². The normalized spacial score (nSPS) is 12.0. The van der Waals surface area contributed by atoms with Gasteiger partial charge in [0.2, 0.25) is 0 Å². The smallest absolute Gasteiger partial charge is 0.0931 e. The Hall–Kier alpha value is -1.33. The van der Waals surface area contributed by atoms with Crippen molar-refractivity contribution in [1.82, 2.24) is 0 Å². The SMILES string of the molecule is N#C[C@@H](N)CCc1ccccc1. The second-order valence-corrected chi connectivity index (χ2v) is 2.76. The molecule has 2 N–H and O–H groups in total. The number of benzene rings is 1. The highest BCUT2D eigenvalue weighted by Gasteiger charge is 1.99. The summed E-state index contributed by atoms with van der Waals surface area (Å²) >= 11 is 0. The van der Waals surface area contributed by atoms with Crippen LogP contribution in [0.4, 0.5) is 0 Å². The highest BCUT2D eigenvalue weighted by Crippen LogP contribution is 2.03. The Labute approximate surface area is 72.6 Å². The van der Waals surface area contributed by atoms with Crippen molar-refractivity contribution in [2.75, 3.05) is 0 Å². The van der Waals surface area contributed by atoms with Gasteiger partial charge >= 0.3 is 0 Å². The Kier molecular flexibility index (Phi) is 3.31. The molecule has 0 fully saturated rings. The molecule has 62 valence electrons.